The summed E-state index contributed by atoms with van der Waals surface area (Å²) in [5.41, 5.74) is 0.495. The van der Waals surface area contributed by atoms with E-state index >= 15 is 0 Å². The number of nitrogens with one attached hydrogen (secondary N) is 2. The Morgan fingerprint density at radius 3 is 2.61 bits per heavy atom. The largest absolute Gasteiger partial charge is 0.347 e. The second-order valence-corrected chi connectivity index (χ2v) is 7.82. The zero-order chi connectivity index (χ0) is 16.9. The number of aromatic nitrogens is 1. The van der Waals surface area contributed by atoms with Crippen LogP contribution < -0.4 is 10.6 Å². The van der Waals surface area contributed by atoms with Crippen LogP contribution in [-0.2, 0) is 16.1 Å². The zero-order valence-corrected chi connectivity index (χ0v) is 15.0. The van der Waals surface area contributed by atoms with Gasteiger partial charge in [0, 0.05) is 17.3 Å². The fourth-order valence-electron chi connectivity index (χ4n) is 2.37. The van der Waals surface area contributed by atoms with Gasteiger partial charge in [0.15, 0.2) is 5.13 Å². The Morgan fingerprint density at radius 2 is 1.96 bits per heavy atom. The second-order valence-electron chi connectivity index (χ2n) is 6.96. The average Bonchev–Trinajstić information content (AvgIpc) is 2.91. The monoisotopic (exact) mass is 338 g/mol. The minimum atomic E-state index is -0.497. The number of piperidine rings is 1. The van der Waals surface area contributed by atoms with Crippen molar-refractivity contribution in [2.24, 2.45) is 5.41 Å². The molecule has 1 aromatic heterocycles. The van der Waals surface area contributed by atoms with Crippen molar-refractivity contribution in [3.63, 3.8) is 0 Å². The first-order valence-corrected chi connectivity index (χ1v) is 8.97. The summed E-state index contributed by atoms with van der Waals surface area (Å²) in [5.74, 6) is -0.390. The predicted molar refractivity (Wildman–Crippen MR) is 92.3 cm³/mol. The first-order chi connectivity index (χ1) is 10.8. The lowest BCUT2D eigenvalue weighted by molar-refractivity contribution is -0.130. The molecule has 2 N–H and O–H groups in total. The SMILES string of the molecule is CC(C)(C)C(=O)NCC(=O)Nc1nc(CN2CCCCC2)cs1. The van der Waals surface area contributed by atoms with Crippen molar-refractivity contribution in [1.82, 2.24) is 15.2 Å². The van der Waals surface area contributed by atoms with Crippen LogP contribution in [-0.4, -0.2) is 41.3 Å². The number of anilines is 1. The minimum absolute atomic E-state index is 0.0306. The molecule has 1 aromatic rings. The van der Waals surface area contributed by atoms with Gasteiger partial charge in [-0.15, -0.1) is 11.3 Å². The highest BCUT2D eigenvalue weighted by Crippen LogP contribution is 2.18. The maximum atomic E-state index is 11.9. The Labute approximate surface area is 141 Å². The first-order valence-electron chi connectivity index (χ1n) is 8.09. The van der Waals surface area contributed by atoms with Gasteiger partial charge in [-0.2, -0.15) is 0 Å². The number of hydrogen-bond donors (Lipinski definition) is 2. The molecule has 6 nitrogen and oxygen atoms in total. The van der Waals surface area contributed by atoms with Crippen LogP contribution in [0, 0.1) is 5.41 Å². The fraction of sp³-hybridized carbons (Fsp3) is 0.688. The van der Waals surface area contributed by atoms with E-state index in [0.29, 0.717) is 5.13 Å². The number of carbonyl (C=O) groups is 2. The van der Waals surface area contributed by atoms with E-state index in [1.54, 1.807) is 0 Å². The van der Waals surface area contributed by atoms with Crippen LogP contribution in [0.4, 0.5) is 5.13 Å². The summed E-state index contributed by atoms with van der Waals surface area (Å²) in [5, 5.41) is 7.95. The number of hydrogen-bond acceptors (Lipinski definition) is 5. The van der Waals surface area contributed by atoms with Crippen molar-refractivity contribution in [2.75, 3.05) is 25.0 Å². The van der Waals surface area contributed by atoms with Crippen molar-refractivity contribution in [3.8, 4) is 0 Å². The van der Waals surface area contributed by atoms with Crippen molar-refractivity contribution >= 4 is 28.3 Å². The third-order valence-electron chi connectivity index (χ3n) is 3.72. The predicted octanol–water partition coefficient (Wildman–Crippen LogP) is 2.23. The summed E-state index contributed by atoms with van der Waals surface area (Å²) in [6.07, 6.45) is 3.82. The van der Waals surface area contributed by atoms with Gasteiger partial charge in [-0.25, -0.2) is 4.98 Å². The molecule has 2 amide bonds. The van der Waals surface area contributed by atoms with E-state index in [1.165, 1.54) is 30.6 Å². The van der Waals surface area contributed by atoms with E-state index in [4.69, 9.17) is 0 Å². The molecule has 0 spiro atoms. The van der Waals surface area contributed by atoms with Crippen LogP contribution >= 0.6 is 11.3 Å². The standard InChI is InChI=1S/C16H26N4O2S/c1-16(2,3)14(22)17-9-13(21)19-15-18-12(11-23-15)10-20-7-5-4-6-8-20/h11H,4-10H2,1-3H3,(H,17,22)(H,18,19,21). The normalized spacial score (nSPS) is 16.1. The summed E-state index contributed by atoms with van der Waals surface area (Å²) >= 11 is 1.42. The summed E-state index contributed by atoms with van der Waals surface area (Å²) < 4.78 is 0. The Hall–Kier alpha value is -1.47. The molecule has 2 heterocycles. The quantitative estimate of drug-likeness (QED) is 0.863. The van der Waals surface area contributed by atoms with Crippen LogP contribution in [0.3, 0.4) is 0 Å². The van der Waals surface area contributed by atoms with E-state index < -0.39 is 5.41 Å². The lowest BCUT2D eigenvalue weighted by Gasteiger charge is -2.25. The fourth-order valence-corrected chi connectivity index (χ4v) is 3.09. The highest BCUT2D eigenvalue weighted by Gasteiger charge is 2.21. The van der Waals surface area contributed by atoms with Gasteiger partial charge in [0.1, 0.15) is 0 Å². The van der Waals surface area contributed by atoms with E-state index in [1.807, 2.05) is 26.2 Å². The molecule has 0 aliphatic carbocycles. The maximum Gasteiger partial charge on any atom is 0.245 e. The number of amides is 2. The summed E-state index contributed by atoms with van der Waals surface area (Å²) in [6, 6.07) is 0. The number of nitrogens with zero attached hydrogens (tertiary/aromatic N) is 2. The number of carbonyl (C=O) groups excluding carboxylic acids is 2. The first kappa shape index (κ1) is 17.9. The maximum absolute atomic E-state index is 11.9. The van der Waals surface area contributed by atoms with Gasteiger partial charge < -0.3 is 10.6 Å². The Morgan fingerprint density at radius 1 is 1.26 bits per heavy atom. The van der Waals surface area contributed by atoms with Crippen molar-refractivity contribution in [3.05, 3.63) is 11.1 Å². The van der Waals surface area contributed by atoms with Crippen molar-refractivity contribution in [1.29, 1.82) is 0 Å². The molecule has 1 saturated heterocycles. The van der Waals surface area contributed by atoms with Crippen LogP contribution in [0.25, 0.3) is 0 Å². The van der Waals surface area contributed by atoms with Crippen LogP contribution in [0.1, 0.15) is 45.7 Å². The Balaban J connectivity index is 1.77. The van der Waals surface area contributed by atoms with Gasteiger partial charge in [-0.3, -0.25) is 14.5 Å². The number of rotatable bonds is 5. The summed E-state index contributed by atoms with van der Waals surface area (Å²) in [6.45, 7) is 8.50. The highest BCUT2D eigenvalue weighted by molar-refractivity contribution is 7.13. The molecular weight excluding hydrogens is 312 g/mol. The van der Waals surface area contributed by atoms with Gasteiger partial charge in [-0.1, -0.05) is 27.2 Å². The molecule has 0 aromatic carbocycles. The van der Waals surface area contributed by atoms with E-state index in [9.17, 15) is 9.59 Å². The minimum Gasteiger partial charge on any atom is -0.347 e. The zero-order valence-electron chi connectivity index (χ0n) is 14.1. The molecule has 128 valence electrons. The molecule has 0 saturated carbocycles. The third kappa shape index (κ3) is 5.91. The lowest BCUT2D eigenvalue weighted by atomic mass is 9.96. The van der Waals surface area contributed by atoms with E-state index in [-0.39, 0.29) is 18.4 Å². The van der Waals surface area contributed by atoms with Gasteiger partial charge in [0.25, 0.3) is 0 Å². The molecular formula is C16H26N4O2S. The van der Waals surface area contributed by atoms with E-state index in [0.717, 1.165) is 25.3 Å². The molecule has 7 heteroatoms. The van der Waals surface area contributed by atoms with Gasteiger partial charge in [0.05, 0.1) is 12.2 Å². The lowest BCUT2D eigenvalue weighted by Crippen LogP contribution is -2.39. The number of thiazole rings is 1. The van der Waals surface area contributed by atoms with Crippen LogP contribution in [0.5, 0.6) is 0 Å². The smallest absolute Gasteiger partial charge is 0.245 e. The Bertz CT molecular complexity index is 545. The molecule has 0 radical (unpaired) electrons. The average molecular weight is 338 g/mol. The molecule has 1 aliphatic heterocycles. The molecule has 23 heavy (non-hydrogen) atoms. The third-order valence-corrected chi connectivity index (χ3v) is 4.53. The van der Waals surface area contributed by atoms with Crippen molar-refractivity contribution in [2.45, 2.75) is 46.6 Å². The molecule has 0 unspecified atom stereocenters. The van der Waals surface area contributed by atoms with Crippen LogP contribution in [0.15, 0.2) is 5.38 Å². The van der Waals surface area contributed by atoms with E-state index in [2.05, 4.69) is 20.5 Å². The molecule has 1 aliphatic rings. The molecule has 0 bridgehead atoms. The topological polar surface area (TPSA) is 74.3 Å². The summed E-state index contributed by atoms with van der Waals surface area (Å²) in [4.78, 5) is 30.5. The van der Waals surface area contributed by atoms with Gasteiger partial charge >= 0.3 is 0 Å². The molecule has 2 rings (SSSR count). The van der Waals surface area contributed by atoms with Crippen LogP contribution in [0.2, 0.25) is 0 Å². The summed E-state index contributed by atoms with van der Waals surface area (Å²) in [7, 11) is 0. The van der Waals surface area contributed by atoms with Gasteiger partial charge in [0.2, 0.25) is 11.8 Å². The van der Waals surface area contributed by atoms with Crippen molar-refractivity contribution < 1.29 is 9.59 Å². The van der Waals surface area contributed by atoms with Gasteiger partial charge in [-0.05, 0) is 25.9 Å². The second kappa shape index (κ2) is 7.88. The number of likely N-dealkylation sites (tertiary alicyclic amines) is 1. The molecule has 0 atom stereocenters. The Kier molecular flexibility index (Phi) is 6.12. The molecule has 1 fully saturated rings. The highest BCUT2D eigenvalue weighted by atomic mass is 32.1.